The van der Waals surface area contributed by atoms with Crippen LogP contribution in [0.5, 0.6) is 0 Å². The first-order valence-electron chi connectivity index (χ1n) is 10.4. The second-order valence-corrected chi connectivity index (χ2v) is 8.88. The van der Waals surface area contributed by atoms with E-state index in [1.165, 1.54) is 22.7 Å². The second kappa shape index (κ2) is 8.21. The molecule has 1 fully saturated rings. The fraction of sp³-hybridized carbons (Fsp3) is 0.200. The number of carbonyl (C=O) groups excluding carboxylic acids is 2. The van der Waals surface area contributed by atoms with Gasteiger partial charge in [0.25, 0.3) is 11.8 Å². The largest absolute Gasteiger partial charge is 0.273 e. The summed E-state index contributed by atoms with van der Waals surface area (Å²) >= 11 is 1.31. The summed E-state index contributed by atoms with van der Waals surface area (Å²) in [6.07, 6.45) is 2.05. The average Bonchev–Trinajstić information content (AvgIpc) is 3.63. The van der Waals surface area contributed by atoms with Crippen LogP contribution in [0.25, 0.3) is 11.1 Å². The molecule has 0 saturated heterocycles. The van der Waals surface area contributed by atoms with E-state index < -0.39 is 0 Å². The van der Waals surface area contributed by atoms with Gasteiger partial charge in [0.2, 0.25) is 0 Å². The molecule has 7 heteroatoms. The first-order valence-corrected chi connectivity index (χ1v) is 11.3. The molecule has 3 aromatic rings. The zero-order valence-electron chi connectivity index (χ0n) is 17.0. The van der Waals surface area contributed by atoms with Gasteiger partial charge in [0.15, 0.2) is 0 Å². The molecular formula is C25H18FN3O2S. The molecule has 2 amide bonds. The van der Waals surface area contributed by atoms with Gasteiger partial charge in [0.1, 0.15) is 16.9 Å². The van der Waals surface area contributed by atoms with E-state index in [4.69, 9.17) is 4.98 Å². The number of benzene rings is 2. The molecule has 5 nitrogen and oxygen atoms in total. The number of nitrogens with zero attached hydrogens (tertiary/aromatic N) is 3. The highest BCUT2D eigenvalue weighted by atomic mass is 32.2. The zero-order valence-corrected chi connectivity index (χ0v) is 17.9. The van der Waals surface area contributed by atoms with Crippen LogP contribution in [0.4, 0.5) is 4.39 Å². The molecule has 158 valence electrons. The Kier molecular flexibility index (Phi) is 5.24. The topological polar surface area (TPSA) is 74.1 Å². The molecule has 2 aliphatic rings. The van der Waals surface area contributed by atoms with Crippen molar-refractivity contribution in [3.63, 3.8) is 0 Å². The molecular weight excluding hydrogens is 425 g/mol. The lowest BCUT2D eigenvalue weighted by Gasteiger charge is -2.15. The van der Waals surface area contributed by atoms with Crippen LogP contribution < -0.4 is 0 Å². The van der Waals surface area contributed by atoms with Crippen molar-refractivity contribution in [3.05, 3.63) is 82.8 Å². The Morgan fingerprint density at radius 3 is 2.22 bits per heavy atom. The number of halogens is 1. The third-order valence-electron chi connectivity index (χ3n) is 5.71. The predicted octanol–water partition coefficient (Wildman–Crippen LogP) is 5.03. The second-order valence-electron chi connectivity index (χ2n) is 7.80. The van der Waals surface area contributed by atoms with E-state index in [-0.39, 0.29) is 24.2 Å². The Bertz CT molecular complexity index is 1260. The van der Waals surface area contributed by atoms with Crippen molar-refractivity contribution in [2.45, 2.75) is 23.8 Å². The summed E-state index contributed by atoms with van der Waals surface area (Å²) in [4.78, 5) is 31.1. The third-order valence-corrected chi connectivity index (χ3v) is 6.66. The lowest BCUT2D eigenvalue weighted by atomic mass is 10.00. The van der Waals surface area contributed by atoms with Crippen LogP contribution in [0.3, 0.4) is 0 Å². The minimum atomic E-state index is -0.390. The molecule has 0 spiro atoms. The SMILES string of the molecule is N#Cc1c(-c2ccccc2F)cc(C2CC2)nc1SCCN1C(=O)c2ccccc2C1=O. The van der Waals surface area contributed by atoms with Crippen LogP contribution >= 0.6 is 11.8 Å². The minimum absolute atomic E-state index is 0.201. The van der Waals surface area contributed by atoms with E-state index >= 15 is 0 Å². The van der Waals surface area contributed by atoms with Crippen molar-refractivity contribution in [3.8, 4) is 17.2 Å². The highest BCUT2D eigenvalue weighted by Crippen LogP contribution is 2.42. The Labute approximate surface area is 188 Å². The van der Waals surface area contributed by atoms with Gasteiger partial charge in [-0.3, -0.25) is 14.5 Å². The quantitative estimate of drug-likeness (QED) is 0.395. The molecule has 2 aromatic carbocycles. The van der Waals surface area contributed by atoms with Gasteiger partial charge >= 0.3 is 0 Å². The number of nitriles is 1. The monoisotopic (exact) mass is 443 g/mol. The summed E-state index contributed by atoms with van der Waals surface area (Å²) in [6.45, 7) is 0.201. The van der Waals surface area contributed by atoms with Crippen molar-refractivity contribution in [1.29, 1.82) is 5.26 Å². The number of fused-ring (bicyclic) bond motifs is 1. The van der Waals surface area contributed by atoms with Crippen molar-refractivity contribution in [2.75, 3.05) is 12.3 Å². The highest BCUT2D eigenvalue weighted by molar-refractivity contribution is 7.99. The Morgan fingerprint density at radius 1 is 1.00 bits per heavy atom. The maximum atomic E-state index is 14.5. The summed E-state index contributed by atoms with van der Waals surface area (Å²) in [7, 11) is 0. The van der Waals surface area contributed by atoms with Gasteiger partial charge in [0.05, 0.1) is 16.7 Å². The summed E-state index contributed by atoms with van der Waals surface area (Å²) in [5, 5.41) is 10.4. The van der Waals surface area contributed by atoms with Gasteiger partial charge in [-0.05, 0) is 37.1 Å². The van der Waals surface area contributed by atoms with Gasteiger partial charge in [-0.15, -0.1) is 11.8 Å². The maximum absolute atomic E-state index is 14.5. The lowest BCUT2D eigenvalue weighted by Crippen LogP contribution is -2.31. The van der Waals surface area contributed by atoms with Crippen LogP contribution in [-0.4, -0.2) is 34.0 Å². The number of hydrogen-bond acceptors (Lipinski definition) is 5. The van der Waals surface area contributed by atoms with Crippen molar-refractivity contribution >= 4 is 23.6 Å². The molecule has 1 saturated carbocycles. The number of carbonyl (C=O) groups is 2. The average molecular weight is 444 g/mol. The molecule has 2 heterocycles. The third kappa shape index (κ3) is 3.57. The summed E-state index contributed by atoms with van der Waals surface area (Å²) in [5.74, 6) is -0.294. The normalized spacial score (nSPS) is 15.1. The van der Waals surface area contributed by atoms with E-state index in [0.29, 0.717) is 44.5 Å². The first kappa shape index (κ1) is 20.4. The van der Waals surface area contributed by atoms with E-state index in [2.05, 4.69) is 6.07 Å². The first-order chi connectivity index (χ1) is 15.6. The molecule has 0 radical (unpaired) electrons. The van der Waals surface area contributed by atoms with Crippen LogP contribution in [0.2, 0.25) is 0 Å². The fourth-order valence-corrected chi connectivity index (χ4v) is 4.85. The Hall–Kier alpha value is -3.50. The number of thioether (sulfide) groups is 1. The van der Waals surface area contributed by atoms with E-state index in [1.807, 2.05) is 6.07 Å². The lowest BCUT2D eigenvalue weighted by molar-refractivity contribution is 0.0664. The molecule has 0 bridgehead atoms. The van der Waals surface area contributed by atoms with E-state index in [9.17, 15) is 19.2 Å². The smallest absolute Gasteiger partial charge is 0.261 e. The van der Waals surface area contributed by atoms with E-state index in [1.54, 1.807) is 42.5 Å². The molecule has 1 aliphatic heterocycles. The fourth-order valence-electron chi connectivity index (χ4n) is 3.91. The van der Waals surface area contributed by atoms with Gasteiger partial charge < -0.3 is 0 Å². The van der Waals surface area contributed by atoms with Gasteiger partial charge in [-0.2, -0.15) is 5.26 Å². The number of rotatable bonds is 6. The van der Waals surface area contributed by atoms with Gasteiger partial charge in [-0.1, -0.05) is 30.3 Å². The van der Waals surface area contributed by atoms with E-state index in [0.717, 1.165) is 18.5 Å². The van der Waals surface area contributed by atoms with Crippen LogP contribution in [0.15, 0.2) is 59.6 Å². The molecule has 32 heavy (non-hydrogen) atoms. The van der Waals surface area contributed by atoms with Crippen molar-refractivity contribution in [1.82, 2.24) is 9.88 Å². The van der Waals surface area contributed by atoms with Gasteiger partial charge in [0, 0.05) is 35.0 Å². The maximum Gasteiger partial charge on any atom is 0.261 e. The van der Waals surface area contributed by atoms with Crippen LogP contribution in [-0.2, 0) is 0 Å². The molecule has 0 N–H and O–H groups in total. The number of imide groups is 1. The van der Waals surface area contributed by atoms with Crippen molar-refractivity contribution in [2.24, 2.45) is 0 Å². The molecule has 1 aromatic heterocycles. The Balaban J connectivity index is 1.42. The zero-order chi connectivity index (χ0) is 22.2. The Morgan fingerprint density at radius 2 is 1.62 bits per heavy atom. The number of aromatic nitrogens is 1. The predicted molar refractivity (Wildman–Crippen MR) is 119 cm³/mol. The molecule has 0 atom stereocenters. The van der Waals surface area contributed by atoms with Gasteiger partial charge in [-0.25, -0.2) is 9.37 Å². The standard InChI is InChI=1S/C25H18FN3O2S/c26-21-8-4-3-5-16(21)19-13-22(15-9-10-15)28-23(20(19)14-27)32-12-11-29-24(30)17-6-1-2-7-18(17)25(29)31/h1-8,13,15H,9-12H2. The van der Waals surface area contributed by atoms with Crippen LogP contribution in [0, 0.1) is 17.1 Å². The number of hydrogen-bond donors (Lipinski definition) is 0. The molecule has 5 rings (SSSR count). The van der Waals surface area contributed by atoms with Crippen molar-refractivity contribution < 1.29 is 14.0 Å². The number of pyridine rings is 1. The summed E-state index contributed by atoms with van der Waals surface area (Å²) in [6, 6.07) is 17.2. The minimum Gasteiger partial charge on any atom is -0.273 e. The molecule has 1 aliphatic carbocycles. The summed E-state index contributed by atoms with van der Waals surface area (Å²) in [5.41, 5.74) is 2.89. The summed E-state index contributed by atoms with van der Waals surface area (Å²) < 4.78 is 14.5. The molecule has 0 unspecified atom stereocenters. The van der Waals surface area contributed by atoms with Crippen LogP contribution in [0.1, 0.15) is 50.7 Å². The highest BCUT2D eigenvalue weighted by Gasteiger charge is 2.35. The number of amides is 2.